The molecule has 4 nitrogen and oxygen atoms in total. The molecule has 2 aromatic carbocycles. The van der Waals surface area contributed by atoms with E-state index in [1.807, 2.05) is 44.2 Å². The zero-order valence-electron chi connectivity index (χ0n) is 15.0. The van der Waals surface area contributed by atoms with Crippen molar-refractivity contribution in [3.63, 3.8) is 0 Å². The van der Waals surface area contributed by atoms with Crippen LogP contribution in [0.2, 0.25) is 0 Å². The molecule has 1 aliphatic rings. The Balaban J connectivity index is 1.73. The number of carboxylic acid groups (broad SMARTS) is 1. The molecular formula is C21H23FO4. The summed E-state index contributed by atoms with van der Waals surface area (Å²) in [7, 11) is 0. The third-order valence-electron chi connectivity index (χ3n) is 4.83. The predicted octanol–water partition coefficient (Wildman–Crippen LogP) is 4.75. The fourth-order valence-electron chi connectivity index (χ4n) is 3.49. The van der Waals surface area contributed by atoms with Gasteiger partial charge in [0.05, 0.1) is 12.5 Å². The third-order valence-corrected chi connectivity index (χ3v) is 4.83. The van der Waals surface area contributed by atoms with Gasteiger partial charge in [-0.3, -0.25) is 4.79 Å². The van der Waals surface area contributed by atoms with Crippen LogP contribution < -0.4 is 4.74 Å². The summed E-state index contributed by atoms with van der Waals surface area (Å²) in [6.45, 7) is 4.10. The largest absolute Gasteiger partial charge is 0.486 e. The molecule has 0 unspecified atom stereocenters. The van der Waals surface area contributed by atoms with E-state index in [1.54, 1.807) is 0 Å². The molecule has 0 spiro atoms. The summed E-state index contributed by atoms with van der Waals surface area (Å²) in [5, 5.41) is 9.02. The van der Waals surface area contributed by atoms with Crippen LogP contribution in [0.4, 0.5) is 4.39 Å². The average Bonchev–Trinajstić information content (AvgIpc) is 3.02. The van der Waals surface area contributed by atoms with Crippen molar-refractivity contribution in [2.75, 3.05) is 6.61 Å². The fourth-order valence-corrected chi connectivity index (χ4v) is 3.49. The fraction of sp³-hybridized carbons (Fsp3) is 0.381. The number of aliphatic carboxylic acids is 1. The maximum Gasteiger partial charge on any atom is 0.306 e. The maximum absolute atomic E-state index is 13.7. The van der Waals surface area contributed by atoms with Gasteiger partial charge in [0.15, 0.2) is 0 Å². The quantitative estimate of drug-likeness (QED) is 0.776. The highest BCUT2D eigenvalue weighted by molar-refractivity contribution is 5.67. The zero-order valence-corrected chi connectivity index (χ0v) is 15.0. The molecule has 1 N–H and O–H groups in total. The molecule has 0 aromatic heterocycles. The second kappa shape index (κ2) is 7.87. The Labute approximate surface area is 152 Å². The molecule has 138 valence electrons. The number of benzene rings is 2. The molecule has 0 amide bonds. The van der Waals surface area contributed by atoms with Crippen LogP contribution in [0.15, 0.2) is 36.4 Å². The van der Waals surface area contributed by atoms with E-state index in [2.05, 4.69) is 0 Å². The highest BCUT2D eigenvalue weighted by Gasteiger charge is 2.26. The van der Waals surface area contributed by atoms with Gasteiger partial charge in [-0.15, -0.1) is 0 Å². The van der Waals surface area contributed by atoms with Gasteiger partial charge in [-0.2, -0.15) is 0 Å². The van der Waals surface area contributed by atoms with Crippen molar-refractivity contribution in [2.24, 2.45) is 0 Å². The lowest BCUT2D eigenvalue weighted by atomic mass is 10.0. The molecule has 0 fully saturated rings. The van der Waals surface area contributed by atoms with Gasteiger partial charge in [-0.1, -0.05) is 18.2 Å². The average molecular weight is 358 g/mol. The van der Waals surface area contributed by atoms with Crippen LogP contribution in [-0.2, 0) is 16.0 Å². The monoisotopic (exact) mass is 358 g/mol. The summed E-state index contributed by atoms with van der Waals surface area (Å²) >= 11 is 0. The first-order valence-corrected chi connectivity index (χ1v) is 8.87. The Morgan fingerprint density at radius 3 is 2.65 bits per heavy atom. The summed E-state index contributed by atoms with van der Waals surface area (Å²) in [6.07, 6.45) is 1.00. The van der Waals surface area contributed by atoms with Crippen molar-refractivity contribution in [1.82, 2.24) is 0 Å². The molecule has 0 saturated heterocycles. The van der Waals surface area contributed by atoms with Crippen LogP contribution in [0, 0.1) is 12.7 Å². The number of carboxylic acids is 1. The SMILES string of the molecule is CCO[C@@H](CC(=O)O)c1ccc(O[C@@H]2CCc3c2ccc(F)c3C)cc1. The van der Waals surface area contributed by atoms with Crippen LogP contribution >= 0.6 is 0 Å². The standard InChI is InChI=1S/C21H23FO4/c1-3-25-20(12-21(23)24)14-4-6-15(7-5-14)26-19-11-9-16-13(2)18(22)10-8-17(16)19/h4-8,10,19-20H,3,9,11-12H2,1-2H3,(H,23,24)/t19-,20+/m1/s1. The lowest BCUT2D eigenvalue weighted by Gasteiger charge is -2.18. The van der Waals surface area contributed by atoms with Gasteiger partial charge < -0.3 is 14.6 Å². The number of hydrogen-bond donors (Lipinski definition) is 1. The summed E-state index contributed by atoms with van der Waals surface area (Å²) < 4.78 is 25.3. The van der Waals surface area contributed by atoms with E-state index in [0.717, 1.165) is 29.5 Å². The van der Waals surface area contributed by atoms with E-state index in [-0.39, 0.29) is 18.3 Å². The highest BCUT2D eigenvalue weighted by Crippen LogP contribution is 2.37. The van der Waals surface area contributed by atoms with Crippen molar-refractivity contribution >= 4 is 5.97 Å². The number of carbonyl (C=O) groups is 1. The first-order valence-electron chi connectivity index (χ1n) is 8.87. The van der Waals surface area contributed by atoms with Gasteiger partial charge in [0.2, 0.25) is 0 Å². The molecule has 0 radical (unpaired) electrons. The Bertz CT molecular complexity index is 785. The number of halogens is 1. The Kier molecular flexibility index (Phi) is 5.57. The number of fused-ring (bicyclic) bond motifs is 1. The number of hydrogen-bond acceptors (Lipinski definition) is 3. The third kappa shape index (κ3) is 3.88. The number of ether oxygens (including phenoxy) is 2. The van der Waals surface area contributed by atoms with Gasteiger partial charge in [0, 0.05) is 6.61 Å². The van der Waals surface area contributed by atoms with Crippen LogP contribution in [0.5, 0.6) is 5.75 Å². The van der Waals surface area contributed by atoms with Crippen molar-refractivity contribution < 1.29 is 23.8 Å². The Hall–Kier alpha value is -2.40. The maximum atomic E-state index is 13.7. The lowest BCUT2D eigenvalue weighted by molar-refractivity contribution is -0.140. The van der Waals surface area contributed by atoms with Crippen LogP contribution in [-0.4, -0.2) is 17.7 Å². The molecule has 0 heterocycles. The highest BCUT2D eigenvalue weighted by atomic mass is 19.1. The first-order chi connectivity index (χ1) is 12.5. The molecule has 0 aliphatic heterocycles. The van der Waals surface area contributed by atoms with E-state index < -0.39 is 12.1 Å². The summed E-state index contributed by atoms with van der Waals surface area (Å²) in [6, 6.07) is 10.6. The second-order valence-corrected chi connectivity index (χ2v) is 6.50. The first kappa shape index (κ1) is 18.4. The topological polar surface area (TPSA) is 55.8 Å². The van der Waals surface area contributed by atoms with Gasteiger partial charge in [-0.25, -0.2) is 4.39 Å². The van der Waals surface area contributed by atoms with Crippen molar-refractivity contribution in [2.45, 2.75) is 45.3 Å². The van der Waals surface area contributed by atoms with E-state index in [9.17, 15) is 9.18 Å². The van der Waals surface area contributed by atoms with Gasteiger partial charge >= 0.3 is 5.97 Å². The van der Waals surface area contributed by atoms with E-state index in [4.69, 9.17) is 14.6 Å². The van der Waals surface area contributed by atoms with Gasteiger partial charge in [-0.05, 0) is 67.1 Å². The van der Waals surface area contributed by atoms with Crippen molar-refractivity contribution in [3.05, 3.63) is 64.5 Å². The van der Waals surface area contributed by atoms with E-state index in [0.29, 0.717) is 17.9 Å². The summed E-state index contributed by atoms with van der Waals surface area (Å²) in [4.78, 5) is 11.0. The Morgan fingerprint density at radius 1 is 1.27 bits per heavy atom. The minimum absolute atomic E-state index is 0.0745. The van der Waals surface area contributed by atoms with Crippen molar-refractivity contribution in [3.8, 4) is 5.75 Å². The van der Waals surface area contributed by atoms with Crippen LogP contribution in [0.25, 0.3) is 0 Å². The molecule has 0 bridgehead atoms. The lowest BCUT2D eigenvalue weighted by Crippen LogP contribution is -2.10. The van der Waals surface area contributed by atoms with Gasteiger partial charge in [0.25, 0.3) is 0 Å². The minimum Gasteiger partial charge on any atom is -0.486 e. The van der Waals surface area contributed by atoms with E-state index >= 15 is 0 Å². The molecule has 26 heavy (non-hydrogen) atoms. The molecule has 2 atom stereocenters. The second-order valence-electron chi connectivity index (χ2n) is 6.50. The van der Waals surface area contributed by atoms with Gasteiger partial charge in [0.1, 0.15) is 17.7 Å². The molecule has 5 heteroatoms. The predicted molar refractivity (Wildman–Crippen MR) is 95.9 cm³/mol. The molecule has 0 saturated carbocycles. The Morgan fingerprint density at radius 2 is 2.00 bits per heavy atom. The smallest absolute Gasteiger partial charge is 0.306 e. The molecule has 1 aliphatic carbocycles. The van der Waals surface area contributed by atoms with Crippen LogP contribution in [0.3, 0.4) is 0 Å². The zero-order chi connectivity index (χ0) is 18.7. The normalized spacial score (nSPS) is 17.0. The van der Waals surface area contributed by atoms with E-state index in [1.165, 1.54) is 6.07 Å². The minimum atomic E-state index is -0.894. The number of rotatable bonds is 7. The molecular weight excluding hydrogens is 335 g/mol. The molecule has 3 rings (SSSR count). The van der Waals surface area contributed by atoms with Crippen LogP contribution in [0.1, 0.15) is 54.2 Å². The summed E-state index contributed by atoms with van der Waals surface area (Å²) in [5.74, 6) is -0.359. The van der Waals surface area contributed by atoms with Crippen molar-refractivity contribution in [1.29, 1.82) is 0 Å². The molecule has 2 aromatic rings. The summed E-state index contributed by atoms with van der Waals surface area (Å²) in [5.41, 5.74) is 3.61.